The van der Waals surface area contributed by atoms with Gasteiger partial charge in [0, 0.05) is 22.8 Å². The summed E-state index contributed by atoms with van der Waals surface area (Å²) in [4.78, 5) is -1.06. The number of nitrogens with zero attached hydrogens (tertiary/aromatic N) is 4. The molecule has 15 heteroatoms. The molecule has 0 saturated carbocycles. The van der Waals surface area contributed by atoms with Crippen LogP contribution in [0.5, 0.6) is 11.5 Å². The molecule has 0 unspecified atom stereocenters. The van der Waals surface area contributed by atoms with E-state index in [1.165, 1.54) is 37.4 Å². The lowest BCUT2D eigenvalue weighted by Crippen LogP contribution is -1.99. The summed E-state index contributed by atoms with van der Waals surface area (Å²) in [5, 5.41) is 31.1. The number of hydrogen-bond donors (Lipinski definition) is 4. The molecule has 0 heterocycles. The molecule has 0 saturated heterocycles. The Labute approximate surface area is 264 Å². The van der Waals surface area contributed by atoms with E-state index in [4.69, 9.17) is 4.74 Å². The highest BCUT2D eigenvalue weighted by molar-refractivity contribution is 7.86. The molecule has 4 N–H and O–H groups in total. The van der Waals surface area contributed by atoms with Crippen molar-refractivity contribution in [1.82, 2.24) is 0 Å². The molecule has 0 aromatic heterocycles. The third-order valence-electron chi connectivity index (χ3n) is 6.81. The standard InChI is InChI=1S/C31H27N5O8S2/c1-18-9-12-24(28(13-18)45(38,39)40)33-34-25-17-27(44-3)26(14-19(25)2)35-36-30-29(46(41,42)43)16-20-15-22(10-11-23(20)31(30)37)32-21-7-5-4-6-8-21/h4-17,32,37H,1-3H3,(H,38,39,40)(H,41,42,43). The van der Waals surface area contributed by atoms with E-state index in [0.717, 1.165) is 5.69 Å². The minimum absolute atomic E-state index is 0.0808. The van der Waals surface area contributed by atoms with Gasteiger partial charge in [0.2, 0.25) is 0 Å². The van der Waals surface area contributed by atoms with Crippen LogP contribution >= 0.6 is 0 Å². The van der Waals surface area contributed by atoms with E-state index in [2.05, 4.69) is 25.8 Å². The van der Waals surface area contributed by atoms with Gasteiger partial charge >= 0.3 is 0 Å². The van der Waals surface area contributed by atoms with Crippen molar-refractivity contribution >= 4 is 65.1 Å². The van der Waals surface area contributed by atoms with Crippen LogP contribution in [0.3, 0.4) is 0 Å². The van der Waals surface area contributed by atoms with Gasteiger partial charge in [-0.3, -0.25) is 9.11 Å². The van der Waals surface area contributed by atoms with Crippen molar-refractivity contribution in [2.24, 2.45) is 20.5 Å². The average molecular weight is 662 g/mol. The van der Waals surface area contributed by atoms with Crippen molar-refractivity contribution in [3.63, 3.8) is 0 Å². The second kappa shape index (κ2) is 12.6. The smallest absolute Gasteiger partial charge is 0.296 e. The summed E-state index contributed by atoms with van der Waals surface area (Å²) in [6.07, 6.45) is 0. The van der Waals surface area contributed by atoms with E-state index < -0.39 is 41.5 Å². The predicted octanol–water partition coefficient (Wildman–Crippen LogP) is 8.24. The van der Waals surface area contributed by atoms with Gasteiger partial charge in [-0.1, -0.05) is 24.3 Å². The molecule has 0 radical (unpaired) electrons. The van der Waals surface area contributed by atoms with Gasteiger partial charge < -0.3 is 15.2 Å². The van der Waals surface area contributed by atoms with E-state index in [-0.39, 0.29) is 28.2 Å². The van der Waals surface area contributed by atoms with Gasteiger partial charge in [-0.2, -0.15) is 21.9 Å². The quantitative estimate of drug-likeness (QED) is 0.0886. The second-order valence-electron chi connectivity index (χ2n) is 10.1. The van der Waals surface area contributed by atoms with E-state index in [1.54, 1.807) is 38.1 Å². The number of aryl methyl sites for hydroxylation is 2. The van der Waals surface area contributed by atoms with Crippen molar-refractivity contribution in [1.29, 1.82) is 0 Å². The molecule has 0 fully saturated rings. The summed E-state index contributed by atoms with van der Waals surface area (Å²) in [6, 6.07) is 22.6. The summed E-state index contributed by atoms with van der Waals surface area (Å²) in [6.45, 7) is 3.32. The van der Waals surface area contributed by atoms with Crippen molar-refractivity contribution in [3.8, 4) is 11.5 Å². The van der Waals surface area contributed by atoms with Gasteiger partial charge in [0.05, 0.1) is 12.8 Å². The minimum atomic E-state index is -4.86. The largest absolute Gasteiger partial charge is 0.505 e. The average Bonchev–Trinajstić information content (AvgIpc) is 3.00. The molecular formula is C31H27N5O8S2. The van der Waals surface area contributed by atoms with E-state index in [1.807, 2.05) is 30.3 Å². The maximum absolute atomic E-state index is 12.4. The lowest BCUT2D eigenvalue weighted by molar-refractivity contribution is 0.416. The number of hydrogen-bond acceptors (Lipinski definition) is 11. The van der Waals surface area contributed by atoms with Crippen molar-refractivity contribution in [2.75, 3.05) is 12.4 Å². The van der Waals surface area contributed by atoms with Gasteiger partial charge in [-0.15, -0.1) is 15.3 Å². The molecule has 5 rings (SSSR count). The van der Waals surface area contributed by atoms with Gasteiger partial charge in [-0.05, 0) is 85.0 Å². The highest BCUT2D eigenvalue weighted by atomic mass is 32.2. The van der Waals surface area contributed by atoms with E-state index in [0.29, 0.717) is 22.2 Å². The Morgan fingerprint density at radius 2 is 1.35 bits per heavy atom. The Balaban J connectivity index is 1.53. The lowest BCUT2D eigenvalue weighted by Gasteiger charge is -2.12. The van der Waals surface area contributed by atoms with Crippen LogP contribution in [-0.4, -0.2) is 38.2 Å². The molecule has 0 aliphatic heterocycles. The molecule has 13 nitrogen and oxygen atoms in total. The molecule has 5 aromatic rings. The van der Waals surface area contributed by atoms with Gasteiger partial charge in [0.25, 0.3) is 20.2 Å². The fourth-order valence-corrected chi connectivity index (χ4v) is 5.91. The number of phenols is 1. The number of nitrogens with one attached hydrogen (secondary N) is 1. The Kier molecular flexibility index (Phi) is 8.85. The maximum Gasteiger partial charge on any atom is 0.296 e. The SMILES string of the molecule is COc1cc(N=Nc2ccc(C)cc2S(=O)(=O)O)c(C)cc1N=Nc1c(S(=O)(=O)O)cc2cc(Nc3ccccc3)ccc2c1O. The number of azo groups is 2. The zero-order valence-electron chi connectivity index (χ0n) is 24.6. The fraction of sp³-hybridized carbons (Fsp3) is 0.0968. The van der Waals surface area contributed by atoms with Crippen molar-refractivity contribution in [3.05, 3.63) is 96.1 Å². The lowest BCUT2D eigenvalue weighted by atomic mass is 10.1. The number of para-hydroxylation sites is 1. The first-order valence-corrected chi connectivity index (χ1v) is 16.3. The first-order chi connectivity index (χ1) is 21.7. The van der Waals surface area contributed by atoms with Crippen LogP contribution < -0.4 is 10.1 Å². The molecule has 0 aliphatic carbocycles. The van der Waals surface area contributed by atoms with E-state index in [9.17, 15) is 31.0 Å². The molecule has 0 aliphatic rings. The zero-order chi connectivity index (χ0) is 33.2. The molecule has 0 spiro atoms. The van der Waals surface area contributed by atoms with Crippen LogP contribution in [-0.2, 0) is 20.2 Å². The highest BCUT2D eigenvalue weighted by Gasteiger charge is 2.23. The fourth-order valence-electron chi connectivity index (χ4n) is 4.54. The van der Waals surface area contributed by atoms with Gasteiger partial charge in [0.15, 0.2) is 5.75 Å². The molecular weight excluding hydrogens is 635 g/mol. The first kappa shape index (κ1) is 32.2. The van der Waals surface area contributed by atoms with Crippen LogP contribution in [0, 0.1) is 13.8 Å². The Morgan fingerprint density at radius 3 is 2.02 bits per heavy atom. The maximum atomic E-state index is 12.4. The topological polar surface area (TPSA) is 200 Å². The Bertz CT molecular complexity index is 2260. The molecule has 0 bridgehead atoms. The summed E-state index contributed by atoms with van der Waals surface area (Å²) in [5.41, 5.74) is 2.32. The van der Waals surface area contributed by atoms with Gasteiger partial charge in [-0.25, -0.2) is 0 Å². The molecule has 0 amide bonds. The summed E-state index contributed by atoms with van der Waals surface area (Å²) < 4.78 is 73.4. The minimum Gasteiger partial charge on any atom is -0.505 e. The number of aromatic hydroxyl groups is 1. The Hall–Kier alpha value is -5.22. The molecule has 5 aromatic carbocycles. The predicted molar refractivity (Wildman–Crippen MR) is 172 cm³/mol. The van der Waals surface area contributed by atoms with Gasteiger partial charge in [0.1, 0.15) is 32.6 Å². The number of phenolic OH excluding ortho intramolecular Hbond substituents is 1. The number of ether oxygens (including phenoxy) is 1. The van der Waals surface area contributed by atoms with Crippen LogP contribution in [0.4, 0.5) is 34.1 Å². The normalized spacial score (nSPS) is 12.3. The Morgan fingerprint density at radius 1 is 0.674 bits per heavy atom. The monoisotopic (exact) mass is 661 g/mol. The third-order valence-corrected chi connectivity index (χ3v) is 8.56. The van der Waals surface area contributed by atoms with Crippen LogP contribution in [0.25, 0.3) is 10.8 Å². The number of fused-ring (bicyclic) bond motifs is 1. The number of anilines is 2. The van der Waals surface area contributed by atoms with E-state index >= 15 is 0 Å². The van der Waals surface area contributed by atoms with Crippen molar-refractivity contribution in [2.45, 2.75) is 23.6 Å². The zero-order valence-corrected chi connectivity index (χ0v) is 26.2. The molecule has 236 valence electrons. The summed E-state index contributed by atoms with van der Waals surface area (Å²) in [5.74, 6) is -0.387. The molecule has 0 atom stereocenters. The summed E-state index contributed by atoms with van der Waals surface area (Å²) >= 11 is 0. The highest BCUT2D eigenvalue weighted by Crippen LogP contribution is 2.43. The van der Waals surface area contributed by atoms with Crippen LogP contribution in [0.1, 0.15) is 11.1 Å². The number of methoxy groups -OCH3 is 1. The van der Waals surface area contributed by atoms with Crippen molar-refractivity contribution < 1.29 is 35.8 Å². The summed E-state index contributed by atoms with van der Waals surface area (Å²) in [7, 11) is -8.07. The third kappa shape index (κ3) is 7.02. The van der Waals surface area contributed by atoms with Crippen LogP contribution in [0.2, 0.25) is 0 Å². The number of benzene rings is 5. The number of rotatable bonds is 9. The molecule has 46 heavy (non-hydrogen) atoms. The first-order valence-electron chi connectivity index (χ1n) is 13.4. The van der Waals surface area contributed by atoms with Crippen LogP contribution in [0.15, 0.2) is 115 Å². The second-order valence-corrected chi connectivity index (χ2v) is 12.9.